The van der Waals surface area contributed by atoms with Gasteiger partial charge in [0.1, 0.15) is 16.4 Å². The van der Waals surface area contributed by atoms with Crippen LogP contribution in [0.3, 0.4) is 0 Å². The monoisotopic (exact) mass is 404 g/mol. The maximum absolute atomic E-state index is 12.6. The van der Waals surface area contributed by atoms with E-state index in [-0.39, 0.29) is 18.5 Å². The van der Waals surface area contributed by atoms with Gasteiger partial charge in [-0.15, -0.1) is 11.3 Å². The first-order valence-electron chi connectivity index (χ1n) is 8.99. The molecule has 3 rings (SSSR count). The van der Waals surface area contributed by atoms with E-state index < -0.39 is 5.97 Å². The summed E-state index contributed by atoms with van der Waals surface area (Å²) in [6.45, 7) is 1.04. The Labute approximate surface area is 168 Å². The Bertz CT molecular complexity index is 851. The van der Waals surface area contributed by atoms with E-state index in [2.05, 4.69) is 10.2 Å². The van der Waals surface area contributed by atoms with Crippen LogP contribution in [0, 0.1) is 0 Å². The predicted octanol–water partition coefficient (Wildman–Crippen LogP) is 3.33. The normalized spacial score (nSPS) is 16.6. The van der Waals surface area contributed by atoms with E-state index in [0.29, 0.717) is 10.6 Å². The zero-order chi connectivity index (χ0) is 20.1. The summed E-state index contributed by atoms with van der Waals surface area (Å²) in [6, 6.07) is 7.49. The SMILES string of the molecule is COC(=O)c1sccc1NC(=O)CN1CCCC1c1cc(OC)ccc1OC. The highest BCUT2D eigenvalue weighted by Gasteiger charge is 2.30. The molecule has 0 saturated carbocycles. The molecular formula is C20H24N2O5S. The zero-order valence-corrected chi connectivity index (χ0v) is 17.0. The number of anilines is 1. The van der Waals surface area contributed by atoms with Crippen LogP contribution in [0.5, 0.6) is 11.5 Å². The van der Waals surface area contributed by atoms with Gasteiger partial charge in [-0.3, -0.25) is 9.69 Å². The number of nitrogens with one attached hydrogen (secondary N) is 1. The Hall–Kier alpha value is -2.58. The highest BCUT2D eigenvalue weighted by molar-refractivity contribution is 7.12. The van der Waals surface area contributed by atoms with Crippen LogP contribution < -0.4 is 14.8 Å². The molecule has 1 aliphatic heterocycles. The zero-order valence-electron chi connectivity index (χ0n) is 16.2. The smallest absolute Gasteiger partial charge is 0.350 e. The minimum Gasteiger partial charge on any atom is -0.497 e. The van der Waals surface area contributed by atoms with Crippen molar-refractivity contribution >= 4 is 28.9 Å². The van der Waals surface area contributed by atoms with Gasteiger partial charge in [-0.05, 0) is 49.0 Å². The first kappa shape index (κ1) is 20.2. The average molecular weight is 404 g/mol. The number of thiophene rings is 1. The lowest BCUT2D eigenvalue weighted by Crippen LogP contribution is -2.33. The fraction of sp³-hybridized carbons (Fsp3) is 0.400. The van der Waals surface area contributed by atoms with Crippen molar-refractivity contribution in [2.45, 2.75) is 18.9 Å². The van der Waals surface area contributed by atoms with Gasteiger partial charge in [0.05, 0.1) is 33.6 Å². The Morgan fingerprint density at radius 2 is 2.04 bits per heavy atom. The molecule has 1 aromatic carbocycles. The number of esters is 1. The number of nitrogens with zero attached hydrogens (tertiary/aromatic N) is 1. The molecule has 1 aromatic heterocycles. The summed E-state index contributed by atoms with van der Waals surface area (Å²) >= 11 is 1.24. The Morgan fingerprint density at radius 1 is 1.21 bits per heavy atom. The Kier molecular flexibility index (Phi) is 6.53. The molecule has 0 spiro atoms. The second-order valence-corrected chi connectivity index (χ2v) is 7.36. The fourth-order valence-corrected chi connectivity index (χ4v) is 4.27. The molecule has 28 heavy (non-hydrogen) atoms. The van der Waals surface area contributed by atoms with Crippen molar-refractivity contribution < 1.29 is 23.8 Å². The molecule has 2 aromatic rings. The first-order chi connectivity index (χ1) is 13.6. The number of hydrogen-bond acceptors (Lipinski definition) is 7. The van der Waals surface area contributed by atoms with E-state index in [9.17, 15) is 9.59 Å². The summed E-state index contributed by atoms with van der Waals surface area (Å²) in [5, 5.41) is 4.58. The highest BCUT2D eigenvalue weighted by Crippen LogP contribution is 2.38. The van der Waals surface area contributed by atoms with E-state index in [1.54, 1.807) is 25.7 Å². The standard InChI is InChI=1S/C20H24N2O5S/c1-25-13-6-7-17(26-2)14(11-13)16-5-4-9-22(16)12-18(23)21-15-8-10-28-19(15)20(24)27-3/h6-8,10-11,16H,4-5,9,12H2,1-3H3,(H,21,23). The molecule has 1 aliphatic rings. The minimum absolute atomic E-state index is 0.0679. The molecule has 1 atom stereocenters. The van der Waals surface area contributed by atoms with Gasteiger partial charge in [0.2, 0.25) is 5.91 Å². The molecule has 1 saturated heterocycles. The molecule has 1 unspecified atom stereocenters. The van der Waals surface area contributed by atoms with Crippen LogP contribution in [0.15, 0.2) is 29.6 Å². The van der Waals surface area contributed by atoms with Gasteiger partial charge in [0.15, 0.2) is 0 Å². The van der Waals surface area contributed by atoms with Crippen LogP contribution in [0.2, 0.25) is 0 Å². The molecule has 1 N–H and O–H groups in total. The number of amides is 1. The van der Waals surface area contributed by atoms with Gasteiger partial charge in [-0.2, -0.15) is 0 Å². The van der Waals surface area contributed by atoms with E-state index in [1.165, 1.54) is 18.4 Å². The quantitative estimate of drug-likeness (QED) is 0.714. The second kappa shape index (κ2) is 9.07. The molecule has 1 amide bonds. The number of carbonyl (C=O) groups is 2. The van der Waals surface area contributed by atoms with E-state index in [0.717, 1.165) is 36.4 Å². The molecule has 150 valence electrons. The molecule has 1 fully saturated rings. The van der Waals surface area contributed by atoms with Gasteiger partial charge >= 0.3 is 5.97 Å². The van der Waals surface area contributed by atoms with Crippen LogP contribution in [0.4, 0.5) is 5.69 Å². The number of carbonyl (C=O) groups excluding carboxylic acids is 2. The molecule has 0 radical (unpaired) electrons. The number of likely N-dealkylation sites (tertiary alicyclic amines) is 1. The van der Waals surface area contributed by atoms with Crippen LogP contribution in [0.25, 0.3) is 0 Å². The summed E-state index contributed by atoms with van der Waals surface area (Å²) in [4.78, 5) is 26.9. The number of hydrogen-bond donors (Lipinski definition) is 1. The van der Waals surface area contributed by atoms with Crippen molar-refractivity contribution in [2.75, 3.05) is 39.7 Å². The number of methoxy groups -OCH3 is 3. The maximum atomic E-state index is 12.6. The number of rotatable bonds is 7. The van der Waals surface area contributed by atoms with Gasteiger partial charge in [0, 0.05) is 11.6 Å². The van der Waals surface area contributed by atoms with Crippen molar-refractivity contribution in [3.8, 4) is 11.5 Å². The average Bonchev–Trinajstić information content (AvgIpc) is 3.36. The molecular weight excluding hydrogens is 380 g/mol. The molecule has 7 nitrogen and oxygen atoms in total. The van der Waals surface area contributed by atoms with Gasteiger partial charge in [-0.25, -0.2) is 4.79 Å². The van der Waals surface area contributed by atoms with Crippen molar-refractivity contribution in [1.29, 1.82) is 0 Å². The van der Waals surface area contributed by atoms with Gasteiger partial charge in [-0.1, -0.05) is 0 Å². The summed E-state index contributed by atoms with van der Waals surface area (Å²) < 4.78 is 15.6. The third-order valence-electron chi connectivity index (χ3n) is 4.82. The van der Waals surface area contributed by atoms with Crippen LogP contribution in [-0.2, 0) is 9.53 Å². The van der Waals surface area contributed by atoms with Crippen molar-refractivity contribution in [1.82, 2.24) is 4.90 Å². The maximum Gasteiger partial charge on any atom is 0.350 e. The van der Waals surface area contributed by atoms with Crippen LogP contribution >= 0.6 is 11.3 Å². The largest absolute Gasteiger partial charge is 0.497 e. The third kappa shape index (κ3) is 4.28. The summed E-state index contributed by atoms with van der Waals surface area (Å²) in [5.74, 6) is 0.916. The van der Waals surface area contributed by atoms with Gasteiger partial charge < -0.3 is 19.5 Å². The number of benzene rings is 1. The fourth-order valence-electron chi connectivity index (χ4n) is 3.50. The van der Waals surface area contributed by atoms with E-state index >= 15 is 0 Å². The van der Waals surface area contributed by atoms with Crippen molar-refractivity contribution in [3.63, 3.8) is 0 Å². The van der Waals surface area contributed by atoms with Gasteiger partial charge in [0.25, 0.3) is 0 Å². The summed E-state index contributed by atoms with van der Waals surface area (Å²) in [5.41, 5.74) is 1.49. The van der Waals surface area contributed by atoms with E-state index in [1.807, 2.05) is 18.2 Å². The van der Waals surface area contributed by atoms with E-state index in [4.69, 9.17) is 14.2 Å². The number of ether oxygens (including phenoxy) is 3. The van der Waals surface area contributed by atoms with Crippen LogP contribution in [0.1, 0.15) is 34.1 Å². The molecule has 0 bridgehead atoms. The Morgan fingerprint density at radius 3 is 2.75 bits per heavy atom. The topological polar surface area (TPSA) is 77.1 Å². The third-order valence-corrected chi connectivity index (χ3v) is 5.71. The molecule has 2 heterocycles. The van der Waals surface area contributed by atoms with Crippen LogP contribution in [-0.4, -0.2) is 51.2 Å². The van der Waals surface area contributed by atoms with Crippen molar-refractivity contribution in [3.05, 3.63) is 40.1 Å². The summed E-state index contributed by atoms with van der Waals surface area (Å²) in [7, 11) is 4.59. The second-order valence-electron chi connectivity index (χ2n) is 6.44. The lowest BCUT2D eigenvalue weighted by molar-refractivity contribution is -0.117. The molecule has 8 heteroatoms. The summed E-state index contributed by atoms with van der Waals surface area (Å²) in [6.07, 6.45) is 1.92. The lowest BCUT2D eigenvalue weighted by Gasteiger charge is -2.26. The first-order valence-corrected chi connectivity index (χ1v) is 9.87. The minimum atomic E-state index is -0.453. The highest BCUT2D eigenvalue weighted by atomic mass is 32.1. The predicted molar refractivity (Wildman–Crippen MR) is 107 cm³/mol. The molecule has 0 aliphatic carbocycles. The van der Waals surface area contributed by atoms with Crippen molar-refractivity contribution in [2.24, 2.45) is 0 Å². The Balaban J connectivity index is 1.73. The lowest BCUT2D eigenvalue weighted by atomic mass is 10.0.